The highest BCUT2D eigenvalue weighted by Gasteiger charge is 2.07. The summed E-state index contributed by atoms with van der Waals surface area (Å²) in [6, 6.07) is 11.1. The molecular formula is C14H9N3O. The predicted molar refractivity (Wildman–Crippen MR) is 70.6 cm³/mol. The minimum absolute atomic E-state index is 0.254. The first-order valence-corrected chi connectivity index (χ1v) is 5.67. The molecule has 3 heterocycles. The number of phenolic OH excluding ortho intramolecular Hbond substituents is 1. The minimum atomic E-state index is 0.254. The molecule has 0 bridgehead atoms. The molecule has 4 rings (SSSR count). The third kappa shape index (κ3) is 1.20. The molecule has 0 aliphatic heterocycles. The van der Waals surface area contributed by atoms with Crippen molar-refractivity contribution in [2.75, 3.05) is 0 Å². The van der Waals surface area contributed by atoms with Crippen LogP contribution in [0.3, 0.4) is 0 Å². The van der Waals surface area contributed by atoms with Crippen LogP contribution < -0.4 is 0 Å². The number of nitrogens with one attached hydrogen (secondary N) is 1. The first kappa shape index (κ1) is 9.41. The normalized spacial score (nSPS) is 11.6. The van der Waals surface area contributed by atoms with Gasteiger partial charge in [-0.2, -0.15) is 0 Å². The summed E-state index contributed by atoms with van der Waals surface area (Å²) in [5, 5.41) is 11.5. The van der Waals surface area contributed by atoms with Crippen molar-refractivity contribution in [3.63, 3.8) is 0 Å². The molecule has 0 radical (unpaired) electrons. The van der Waals surface area contributed by atoms with E-state index in [0.717, 1.165) is 33.0 Å². The van der Waals surface area contributed by atoms with E-state index in [-0.39, 0.29) is 5.75 Å². The molecule has 18 heavy (non-hydrogen) atoms. The number of H-pyrrole nitrogens is 1. The van der Waals surface area contributed by atoms with Crippen LogP contribution in [0.5, 0.6) is 5.75 Å². The van der Waals surface area contributed by atoms with Gasteiger partial charge in [0.25, 0.3) is 0 Å². The van der Waals surface area contributed by atoms with Gasteiger partial charge in [-0.25, -0.2) is 4.98 Å². The summed E-state index contributed by atoms with van der Waals surface area (Å²) in [5.41, 5.74) is 3.50. The fraction of sp³-hybridized carbons (Fsp3) is 0. The third-order valence-electron chi connectivity index (χ3n) is 3.13. The van der Waals surface area contributed by atoms with Crippen molar-refractivity contribution in [1.82, 2.24) is 15.0 Å². The molecule has 2 N–H and O–H groups in total. The molecule has 0 spiro atoms. The molecule has 4 aromatic rings. The van der Waals surface area contributed by atoms with Crippen molar-refractivity contribution in [2.24, 2.45) is 0 Å². The summed E-state index contributed by atoms with van der Waals surface area (Å²) >= 11 is 0. The number of phenols is 1. The van der Waals surface area contributed by atoms with Gasteiger partial charge in [-0.1, -0.05) is 0 Å². The van der Waals surface area contributed by atoms with Crippen molar-refractivity contribution in [3.8, 4) is 5.75 Å². The summed E-state index contributed by atoms with van der Waals surface area (Å²) in [4.78, 5) is 12.1. The van der Waals surface area contributed by atoms with Crippen LogP contribution in [0, 0.1) is 0 Å². The van der Waals surface area contributed by atoms with Crippen molar-refractivity contribution in [3.05, 3.63) is 42.6 Å². The molecule has 0 saturated heterocycles. The SMILES string of the molecule is Oc1ccc2[nH]c3nc4cccnc4cc3c2c1. The lowest BCUT2D eigenvalue weighted by Gasteiger charge is -1.96. The summed E-state index contributed by atoms with van der Waals surface area (Å²) < 4.78 is 0. The van der Waals surface area contributed by atoms with Crippen LogP contribution in [0.25, 0.3) is 33.0 Å². The van der Waals surface area contributed by atoms with Gasteiger partial charge in [0.05, 0.1) is 11.0 Å². The quantitative estimate of drug-likeness (QED) is 0.492. The van der Waals surface area contributed by atoms with Gasteiger partial charge >= 0.3 is 0 Å². The van der Waals surface area contributed by atoms with E-state index >= 15 is 0 Å². The first-order chi connectivity index (χ1) is 8.81. The lowest BCUT2D eigenvalue weighted by molar-refractivity contribution is 0.476. The Bertz CT molecular complexity index is 895. The average Bonchev–Trinajstić information content (AvgIpc) is 2.73. The van der Waals surface area contributed by atoms with Gasteiger partial charge in [0, 0.05) is 22.5 Å². The highest BCUT2D eigenvalue weighted by Crippen LogP contribution is 2.28. The highest BCUT2D eigenvalue weighted by atomic mass is 16.3. The number of benzene rings is 1. The highest BCUT2D eigenvalue weighted by molar-refractivity contribution is 6.09. The fourth-order valence-corrected chi connectivity index (χ4v) is 2.29. The van der Waals surface area contributed by atoms with E-state index < -0.39 is 0 Å². The second kappa shape index (κ2) is 3.20. The molecule has 0 unspecified atom stereocenters. The van der Waals surface area contributed by atoms with E-state index in [1.54, 1.807) is 18.3 Å². The molecule has 1 aromatic carbocycles. The van der Waals surface area contributed by atoms with Crippen LogP contribution >= 0.6 is 0 Å². The number of aromatic amines is 1. The van der Waals surface area contributed by atoms with Crippen LogP contribution in [-0.2, 0) is 0 Å². The molecule has 3 aromatic heterocycles. The Morgan fingerprint density at radius 1 is 1.00 bits per heavy atom. The Morgan fingerprint density at radius 2 is 1.94 bits per heavy atom. The van der Waals surface area contributed by atoms with Crippen LogP contribution in [0.2, 0.25) is 0 Å². The van der Waals surface area contributed by atoms with Crippen LogP contribution in [0.15, 0.2) is 42.6 Å². The maximum absolute atomic E-state index is 9.57. The van der Waals surface area contributed by atoms with Gasteiger partial charge in [-0.15, -0.1) is 0 Å². The fourth-order valence-electron chi connectivity index (χ4n) is 2.29. The number of aromatic hydroxyl groups is 1. The maximum atomic E-state index is 9.57. The van der Waals surface area contributed by atoms with E-state index in [4.69, 9.17) is 0 Å². The number of rotatable bonds is 0. The van der Waals surface area contributed by atoms with E-state index in [1.807, 2.05) is 24.3 Å². The molecule has 0 amide bonds. The second-order valence-electron chi connectivity index (χ2n) is 4.28. The Hall–Kier alpha value is -2.62. The van der Waals surface area contributed by atoms with Crippen molar-refractivity contribution in [1.29, 1.82) is 0 Å². The standard InChI is InChI=1S/C14H9N3O/c18-8-3-4-11-9(6-8)10-7-13-12(2-1-5-15-13)17-14(10)16-11/h1-7,18H,(H,16,17). The number of fused-ring (bicyclic) bond motifs is 4. The summed E-state index contributed by atoms with van der Waals surface area (Å²) in [6.45, 7) is 0. The monoisotopic (exact) mass is 235 g/mol. The number of nitrogens with zero attached hydrogens (tertiary/aromatic N) is 2. The van der Waals surface area contributed by atoms with Gasteiger partial charge < -0.3 is 10.1 Å². The third-order valence-corrected chi connectivity index (χ3v) is 3.13. The van der Waals surface area contributed by atoms with Gasteiger partial charge in [0.1, 0.15) is 11.4 Å². The Labute approximate surface area is 102 Å². The van der Waals surface area contributed by atoms with Crippen LogP contribution in [-0.4, -0.2) is 20.1 Å². The lowest BCUT2D eigenvalue weighted by Crippen LogP contribution is -1.82. The van der Waals surface area contributed by atoms with Gasteiger partial charge in [0.2, 0.25) is 0 Å². The van der Waals surface area contributed by atoms with Gasteiger partial charge in [0.15, 0.2) is 0 Å². The van der Waals surface area contributed by atoms with Crippen LogP contribution in [0.1, 0.15) is 0 Å². The van der Waals surface area contributed by atoms with E-state index in [2.05, 4.69) is 15.0 Å². The lowest BCUT2D eigenvalue weighted by atomic mass is 10.1. The number of hydrogen-bond donors (Lipinski definition) is 2. The molecule has 4 heteroatoms. The van der Waals surface area contributed by atoms with Gasteiger partial charge in [-0.3, -0.25) is 4.98 Å². The molecule has 0 aliphatic rings. The van der Waals surface area contributed by atoms with Crippen molar-refractivity contribution in [2.45, 2.75) is 0 Å². The Kier molecular flexibility index (Phi) is 1.67. The maximum Gasteiger partial charge on any atom is 0.139 e. The molecular weight excluding hydrogens is 226 g/mol. The number of aromatic nitrogens is 3. The molecule has 0 aliphatic carbocycles. The molecule has 4 nitrogen and oxygen atoms in total. The second-order valence-corrected chi connectivity index (χ2v) is 4.28. The Balaban J connectivity index is 2.25. The van der Waals surface area contributed by atoms with E-state index in [1.165, 1.54) is 0 Å². The predicted octanol–water partition coefficient (Wildman–Crippen LogP) is 2.97. The largest absolute Gasteiger partial charge is 0.508 e. The van der Waals surface area contributed by atoms with Gasteiger partial charge in [-0.05, 0) is 36.4 Å². The van der Waals surface area contributed by atoms with Crippen molar-refractivity contribution >= 4 is 33.0 Å². The van der Waals surface area contributed by atoms with Crippen molar-refractivity contribution < 1.29 is 5.11 Å². The zero-order valence-corrected chi connectivity index (χ0v) is 9.38. The van der Waals surface area contributed by atoms with E-state index in [0.29, 0.717) is 0 Å². The molecule has 0 saturated carbocycles. The minimum Gasteiger partial charge on any atom is -0.508 e. The number of hydrogen-bond acceptors (Lipinski definition) is 3. The first-order valence-electron chi connectivity index (χ1n) is 5.67. The molecule has 0 fully saturated rings. The average molecular weight is 235 g/mol. The molecule has 0 atom stereocenters. The zero-order valence-electron chi connectivity index (χ0n) is 9.38. The van der Waals surface area contributed by atoms with E-state index in [9.17, 15) is 5.11 Å². The zero-order chi connectivity index (χ0) is 12.1. The number of pyridine rings is 2. The summed E-state index contributed by atoms with van der Waals surface area (Å²) in [6.07, 6.45) is 1.75. The summed E-state index contributed by atoms with van der Waals surface area (Å²) in [5.74, 6) is 0.254. The Morgan fingerprint density at radius 3 is 2.89 bits per heavy atom. The smallest absolute Gasteiger partial charge is 0.139 e. The van der Waals surface area contributed by atoms with Crippen LogP contribution in [0.4, 0.5) is 0 Å². The topological polar surface area (TPSA) is 61.8 Å². The molecule has 86 valence electrons. The summed E-state index contributed by atoms with van der Waals surface area (Å²) in [7, 11) is 0.